The van der Waals surface area contributed by atoms with E-state index in [4.69, 9.17) is 4.74 Å². The molecular weight excluding hydrogens is 336 g/mol. The van der Waals surface area contributed by atoms with Gasteiger partial charge < -0.3 is 9.72 Å². The number of methoxy groups -OCH3 is 1. The van der Waals surface area contributed by atoms with Crippen molar-refractivity contribution in [1.29, 1.82) is 0 Å². The normalized spacial score (nSPS) is 14.1. The number of aromatic nitrogens is 2. The van der Waals surface area contributed by atoms with Gasteiger partial charge in [-0.1, -0.05) is 6.92 Å². The minimum atomic E-state index is -0.442. The number of rotatable bonds is 6. The minimum absolute atomic E-state index is 0.00122. The molecule has 0 amide bonds. The van der Waals surface area contributed by atoms with E-state index in [0.29, 0.717) is 30.8 Å². The second-order valence-electron chi connectivity index (χ2n) is 6.40. The molecule has 1 N–H and O–H groups in total. The standard InChI is InChI=1S/C18H22N4O4/c1-3-4-17-19-15-7-8-21(11-14(15)18(23)20-17)10-12-5-6-13(22(24)25)9-16(12)26-2/h5-6,9H,3-4,7-8,10-11H2,1-2H3,(H,19,20,23). The molecule has 0 radical (unpaired) electrons. The van der Waals surface area contributed by atoms with Gasteiger partial charge in [0, 0.05) is 44.1 Å². The van der Waals surface area contributed by atoms with Gasteiger partial charge in [0.15, 0.2) is 0 Å². The Balaban J connectivity index is 1.80. The molecule has 0 bridgehead atoms. The third kappa shape index (κ3) is 3.75. The first kappa shape index (κ1) is 18.1. The van der Waals surface area contributed by atoms with Crippen molar-refractivity contribution < 1.29 is 9.66 Å². The van der Waals surface area contributed by atoms with Crippen molar-refractivity contribution in [2.75, 3.05) is 13.7 Å². The van der Waals surface area contributed by atoms with Crippen molar-refractivity contribution in [3.8, 4) is 5.75 Å². The predicted octanol–water partition coefficient (Wildman–Crippen LogP) is 2.20. The molecule has 0 atom stereocenters. The van der Waals surface area contributed by atoms with E-state index in [-0.39, 0.29) is 11.2 Å². The highest BCUT2D eigenvalue weighted by molar-refractivity contribution is 5.44. The van der Waals surface area contributed by atoms with Crippen LogP contribution in [-0.2, 0) is 25.9 Å². The van der Waals surface area contributed by atoms with Crippen LogP contribution in [0, 0.1) is 10.1 Å². The number of nitro groups is 1. The fourth-order valence-electron chi connectivity index (χ4n) is 3.24. The van der Waals surface area contributed by atoms with E-state index in [2.05, 4.69) is 21.8 Å². The fourth-order valence-corrected chi connectivity index (χ4v) is 3.24. The van der Waals surface area contributed by atoms with Gasteiger partial charge in [-0.05, 0) is 12.5 Å². The number of aromatic amines is 1. The Bertz CT molecular complexity index is 878. The van der Waals surface area contributed by atoms with Crippen LogP contribution in [0.2, 0.25) is 0 Å². The first-order valence-corrected chi connectivity index (χ1v) is 8.66. The number of fused-ring (bicyclic) bond motifs is 1. The summed E-state index contributed by atoms with van der Waals surface area (Å²) in [5.74, 6) is 1.23. The maximum absolute atomic E-state index is 12.4. The van der Waals surface area contributed by atoms with Gasteiger partial charge in [0.1, 0.15) is 11.6 Å². The topological polar surface area (TPSA) is 101 Å². The lowest BCUT2D eigenvalue weighted by atomic mass is 10.1. The van der Waals surface area contributed by atoms with E-state index in [1.54, 1.807) is 6.07 Å². The van der Waals surface area contributed by atoms with Gasteiger partial charge >= 0.3 is 0 Å². The molecule has 1 aromatic carbocycles. The number of ether oxygens (including phenoxy) is 1. The summed E-state index contributed by atoms with van der Waals surface area (Å²) in [4.78, 5) is 32.4. The highest BCUT2D eigenvalue weighted by Gasteiger charge is 2.22. The zero-order valence-corrected chi connectivity index (χ0v) is 14.9. The second-order valence-corrected chi connectivity index (χ2v) is 6.40. The Morgan fingerprint density at radius 1 is 1.42 bits per heavy atom. The number of non-ortho nitro benzene ring substituents is 1. The molecule has 1 aliphatic rings. The van der Waals surface area contributed by atoms with Gasteiger partial charge in [-0.25, -0.2) is 4.98 Å². The Hall–Kier alpha value is -2.74. The Labute approximate surface area is 151 Å². The molecule has 1 aliphatic heterocycles. The molecule has 3 rings (SSSR count). The maximum Gasteiger partial charge on any atom is 0.273 e. The number of aryl methyl sites for hydroxylation is 1. The first-order chi connectivity index (χ1) is 12.5. The van der Waals surface area contributed by atoms with Crippen LogP contribution < -0.4 is 10.3 Å². The maximum atomic E-state index is 12.4. The van der Waals surface area contributed by atoms with Crippen molar-refractivity contribution in [3.63, 3.8) is 0 Å². The lowest BCUT2D eigenvalue weighted by Gasteiger charge is -2.28. The Morgan fingerprint density at radius 2 is 2.23 bits per heavy atom. The molecule has 1 aromatic heterocycles. The molecule has 2 aromatic rings. The van der Waals surface area contributed by atoms with Gasteiger partial charge in [0.05, 0.1) is 29.4 Å². The first-order valence-electron chi connectivity index (χ1n) is 8.66. The van der Waals surface area contributed by atoms with Gasteiger partial charge in [-0.3, -0.25) is 19.8 Å². The summed E-state index contributed by atoms with van der Waals surface area (Å²) < 4.78 is 5.30. The quantitative estimate of drug-likeness (QED) is 0.627. The van der Waals surface area contributed by atoms with E-state index >= 15 is 0 Å². The van der Waals surface area contributed by atoms with E-state index < -0.39 is 4.92 Å². The Kier molecular flexibility index (Phi) is 5.32. The predicted molar refractivity (Wildman–Crippen MR) is 96.3 cm³/mol. The largest absolute Gasteiger partial charge is 0.496 e. The number of benzene rings is 1. The lowest BCUT2D eigenvalue weighted by Crippen LogP contribution is -2.35. The highest BCUT2D eigenvalue weighted by Crippen LogP contribution is 2.27. The molecule has 8 nitrogen and oxygen atoms in total. The molecular formula is C18H22N4O4. The van der Waals surface area contributed by atoms with E-state index in [1.165, 1.54) is 19.2 Å². The molecule has 138 valence electrons. The van der Waals surface area contributed by atoms with E-state index in [0.717, 1.165) is 36.5 Å². The van der Waals surface area contributed by atoms with Gasteiger partial charge in [0.25, 0.3) is 11.2 Å². The number of H-pyrrole nitrogens is 1. The average Bonchev–Trinajstić information content (AvgIpc) is 2.62. The summed E-state index contributed by atoms with van der Waals surface area (Å²) in [5.41, 5.74) is 2.37. The summed E-state index contributed by atoms with van der Waals surface area (Å²) in [7, 11) is 1.50. The molecule has 0 aliphatic carbocycles. The van der Waals surface area contributed by atoms with Crippen molar-refractivity contribution in [2.45, 2.75) is 39.3 Å². The molecule has 0 spiro atoms. The van der Waals surface area contributed by atoms with Crippen LogP contribution in [0.5, 0.6) is 5.75 Å². The summed E-state index contributed by atoms with van der Waals surface area (Å²) in [6.45, 7) is 3.88. The van der Waals surface area contributed by atoms with Crippen molar-refractivity contribution in [1.82, 2.24) is 14.9 Å². The number of hydrogen-bond acceptors (Lipinski definition) is 6. The third-order valence-corrected chi connectivity index (χ3v) is 4.56. The summed E-state index contributed by atoms with van der Waals surface area (Å²) in [6.07, 6.45) is 2.42. The number of nitrogens with one attached hydrogen (secondary N) is 1. The SMILES string of the molecule is CCCc1nc2c(c(=O)[nH]1)CN(Cc1ccc([N+](=O)[O-])cc1OC)CC2. The summed E-state index contributed by atoms with van der Waals surface area (Å²) >= 11 is 0. The van der Waals surface area contributed by atoms with Crippen LogP contribution in [-0.4, -0.2) is 33.4 Å². The Morgan fingerprint density at radius 3 is 2.92 bits per heavy atom. The average molecular weight is 358 g/mol. The van der Waals surface area contributed by atoms with Crippen LogP contribution in [0.3, 0.4) is 0 Å². The van der Waals surface area contributed by atoms with Crippen LogP contribution in [0.1, 0.15) is 36.0 Å². The zero-order valence-electron chi connectivity index (χ0n) is 14.9. The smallest absolute Gasteiger partial charge is 0.273 e. The van der Waals surface area contributed by atoms with Gasteiger partial charge in [-0.15, -0.1) is 0 Å². The zero-order chi connectivity index (χ0) is 18.7. The van der Waals surface area contributed by atoms with Gasteiger partial charge in [0.2, 0.25) is 0 Å². The van der Waals surface area contributed by atoms with Crippen molar-refractivity contribution in [2.24, 2.45) is 0 Å². The van der Waals surface area contributed by atoms with Gasteiger partial charge in [-0.2, -0.15) is 0 Å². The highest BCUT2D eigenvalue weighted by atomic mass is 16.6. The van der Waals surface area contributed by atoms with Crippen LogP contribution in [0.15, 0.2) is 23.0 Å². The van der Waals surface area contributed by atoms with Crippen LogP contribution >= 0.6 is 0 Å². The molecule has 0 saturated carbocycles. The van der Waals surface area contributed by atoms with Crippen LogP contribution in [0.25, 0.3) is 0 Å². The summed E-state index contributed by atoms with van der Waals surface area (Å²) in [5, 5.41) is 10.9. The monoisotopic (exact) mass is 358 g/mol. The number of nitro benzene ring substituents is 1. The van der Waals surface area contributed by atoms with E-state index in [1.807, 2.05) is 0 Å². The fraction of sp³-hybridized carbons (Fsp3) is 0.444. The molecule has 0 fully saturated rings. The van der Waals surface area contributed by atoms with E-state index in [9.17, 15) is 14.9 Å². The molecule has 0 saturated heterocycles. The van der Waals surface area contributed by atoms with Crippen LogP contribution in [0.4, 0.5) is 5.69 Å². The molecule has 8 heteroatoms. The molecule has 0 unspecified atom stereocenters. The third-order valence-electron chi connectivity index (χ3n) is 4.56. The minimum Gasteiger partial charge on any atom is -0.496 e. The number of hydrogen-bond donors (Lipinski definition) is 1. The molecule has 26 heavy (non-hydrogen) atoms. The molecule has 2 heterocycles. The number of nitrogens with zero attached hydrogens (tertiary/aromatic N) is 3. The second kappa shape index (κ2) is 7.65. The lowest BCUT2D eigenvalue weighted by molar-refractivity contribution is -0.384. The van der Waals surface area contributed by atoms with Crippen molar-refractivity contribution in [3.05, 3.63) is 61.3 Å². The summed E-state index contributed by atoms with van der Waals surface area (Å²) in [6, 6.07) is 4.61. The van der Waals surface area contributed by atoms with Crippen molar-refractivity contribution >= 4 is 5.69 Å².